The summed E-state index contributed by atoms with van der Waals surface area (Å²) in [6, 6.07) is 7.98. The summed E-state index contributed by atoms with van der Waals surface area (Å²) in [4.78, 5) is 0. The van der Waals surface area contributed by atoms with E-state index in [-0.39, 0.29) is 0 Å². The quantitative estimate of drug-likeness (QED) is 0.743. The van der Waals surface area contributed by atoms with Gasteiger partial charge in [0.1, 0.15) is 5.75 Å². The van der Waals surface area contributed by atoms with E-state index in [1.807, 2.05) is 36.0 Å². The van der Waals surface area contributed by atoms with E-state index < -0.39 is 0 Å². The first-order valence-electron chi connectivity index (χ1n) is 5.72. The van der Waals surface area contributed by atoms with Gasteiger partial charge in [0.25, 0.3) is 0 Å². The number of nitrogens with two attached hydrogens (primary N) is 1. The van der Waals surface area contributed by atoms with Gasteiger partial charge in [-0.15, -0.1) is 0 Å². The van der Waals surface area contributed by atoms with E-state index in [0.717, 1.165) is 29.6 Å². The molecular formula is C13H21NOS. The molecule has 0 aliphatic rings. The topological polar surface area (TPSA) is 35.2 Å². The van der Waals surface area contributed by atoms with Crippen molar-refractivity contribution >= 4 is 11.8 Å². The molecule has 90 valence electrons. The Morgan fingerprint density at radius 3 is 2.50 bits per heavy atom. The Kier molecular flexibility index (Phi) is 6.34. The molecule has 1 aromatic rings. The van der Waals surface area contributed by atoms with Gasteiger partial charge in [0.2, 0.25) is 0 Å². The highest BCUT2D eigenvalue weighted by Crippen LogP contribution is 2.13. The normalized spacial score (nSPS) is 10.8. The summed E-state index contributed by atoms with van der Waals surface area (Å²) in [5, 5.41) is 0. The van der Waals surface area contributed by atoms with Crippen LogP contribution in [0, 0.1) is 5.92 Å². The largest absolute Gasteiger partial charge is 0.493 e. The molecular weight excluding hydrogens is 218 g/mol. The smallest absolute Gasteiger partial charge is 0.119 e. The first-order valence-corrected chi connectivity index (χ1v) is 6.87. The van der Waals surface area contributed by atoms with Crippen LogP contribution in [0.1, 0.15) is 19.4 Å². The average molecular weight is 239 g/mol. The highest BCUT2D eigenvalue weighted by atomic mass is 32.2. The fourth-order valence-corrected chi connectivity index (χ4v) is 2.10. The third-order valence-electron chi connectivity index (χ3n) is 2.11. The summed E-state index contributed by atoms with van der Waals surface area (Å²) in [6.45, 7) is 5.84. The molecule has 0 fully saturated rings. The second-order valence-electron chi connectivity index (χ2n) is 4.17. The number of thioether (sulfide) groups is 1. The molecule has 0 radical (unpaired) electrons. The predicted octanol–water partition coefficient (Wildman–Crippen LogP) is 2.91. The molecule has 0 bridgehead atoms. The van der Waals surface area contributed by atoms with Gasteiger partial charge in [-0.3, -0.25) is 0 Å². The van der Waals surface area contributed by atoms with Crippen molar-refractivity contribution in [2.24, 2.45) is 11.7 Å². The van der Waals surface area contributed by atoms with Crippen LogP contribution in [0.15, 0.2) is 24.3 Å². The Hall–Kier alpha value is -0.670. The van der Waals surface area contributed by atoms with Crippen LogP contribution in [0.5, 0.6) is 5.75 Å². The molecule has 3 heteroatoms. The lowest BCUT2D eigenvalue weighted by atomic mass is 10.2. The SMILES string of the molecule is CC(C)CSCCOc1ccc(CN)cc1. The lowest BCUT2D eigenvalue weighted by Crippen LogP contribution is -2.02. The van der Waals surface area contributed by atoms with Crippen molar-refractivity contribution in [1.29, 1.82) is 0 Å². The van der Waals surface area contributed by atoms with E-state index in [4.69, 9.17) is 10.5 Å². The summed E-state index contributed by atoms with van der Waals surface area (Å²) in [7, 11) is 0. The van der Waals surface area contributed by atoms with Crippen molar-refractivity contribution in [3.8, 4) is 5.75 Å². The molecule has 0 saturated heterocycles. The molecule has 0 aromatic heterocycles. The van der Waals surface area contributed by atoms with Crippen LogP contribution in [0.25, 0.3) is 0 Å². The van der Waals surface area contributed by atoms with Gasteiger partial charge in [-0.2, -0.15) is 11.8 Å². The molecule has 0 aliphatic carbocycles. The maximum absolute atomic E-state index is 5.63. The summed E-state index contributed by atoms with van der Waals surface area (Å²) < 4.78 is 5.63. The maximum Gasteiger partial charge on any atom is 0.119 e. The zero-order chi connectivity index (χ0) is 11.8. The molecule has 0 saturated carbocycles. The van der Waals surface area contributed by atoms with Gasteiger partial charge in [-0.05, 0) is 29.4 Å². The molecule has 0 spiro atoms. The zero-order valence-corrected chi connectivity index (χ0v) is 10.9. The molecule has 0 unspecified atom stereocenters. The van der Waals surface area contributed by atoms with Crippen LogP contribution in [-0.4, -0.2) is 18.1 Å². The second kappa shape index (κ2) is 7.58. The summed E-state index contributed by atoms with van der Waals surface area (Å²) in [6.07, 6.45) is 0. The van der Waals surface area contributed by atoms with Crippen molar-refractivity contribution in [3.05, 3.63) is 29.8 Å². The Morgan fingerprint density at radius 2 is 1.94 bits per heavy atom. The van der Waals surface area contributed by atoms with E-state index in [1.54, 1.807) is 0 Å². The first kappa shape index (κ1) is 13.4. The molecule has 0 atom stereocenters. The number of hydrogen-bond acceptors (Lipinski definition) is 3. The number of benzene rings is 1. The van der Waals surface area contributed by atoms with Crippen LogP contribution in [0.3, 0.4) is 0 Å². The van der Waals surface area contributed by atoms with Gasteiger partial charge in [0.05, 0.1) is 6.61 Å². The minimum absolute atomic E-state index is 0.588. The highest BCUT2D eigenvalue weighted by Gasteiger charge is 1.96. The number of ether oxygens (including phenoxy) is 1. The van der Waals surface area contributed by atoms with Crippen molar-refractivity contribution in [2.75, 3.05) is 18.1 Å². The summed E-state index contributed by atoms with van der Waals surface area (Å²) in [5.41, 5.74) is 6.66. The van der Waals surface area contributed by atoms with Gasteiger partial charge in [0, 0.05) is 12.3 Å². The van der Waals surface area contributed by atoms with Crippen LogP contribution >= 0.6 is 11.8 Å². The molecule has 2 nitrogen and oxygen atoms in total. The standard InChI is InChI=1S/C13H21NOS/c1-11(2)10-16-8-7-15-13-5-3-12(9-14)4-6-13/h3-6,11H,7-10,14H2,1-2H3. The Bertz CT molecular complexity index is 284. The zero-order valence-electron chi connectivity index (χ0n) is 10.1. The minimum Gasteiger partial charge on any atom is -0.493 e. The van der Waals surface area contributed by atoms with Gasteiger partial charge < -0.3 is 10.5 Å². The fraction of sp³-hybridized carbons (Fsp3) is 0.538. The Morgan fingerprint density at radius 1 is 1.25 bits per heavy atom. The maximum atomic E-state index is 5.63. The van der Waals surface area contributed by atoms with E-state index in [2.05, 4.69) is 13.8 Å². The van der Waals surface area contributed by atoms with Crippen molar-refractivity contribution < 1.29 is 4.74 Å². The highest BCUT2D eigenvalue weighted by molar-refractivity contribution is 7.99. The van der Waals surface area contributed by atoms with Crippen LogP contribution < -0.4 is 10.5 Å². The summed E-state index contributed by atoms with van der Waals surface area (Å²) >= 11 is 1.94. The average Bonchev–Trinajstić information content (AvgIpc) is 2.29. The molecule has 0 heterocycles. The minimum atomic E-state index is 0.588. The Labute approximate surface area is 103 Å². The molecule has 16 heavy (non-hydrogen) atoms. The summed E-state index contributed by atoms with van der Waals surface area (Å²) in [5.74, 6) is 3.95. The lowest BCUT2D eigenvalue weighted by Gasteiger charge is -2.07. The van der Waals surface area contributed by atoms with E-state index in [9.17, 15) is 0 Å². The van der Waals surface area contributed by atoms with E-state index in [0.29, 0.717) is 6.54 Å². The van der Waals surface area contributed by atoms with Gasteiger partial charge in [-0.1, -0.05) is 26.0 Å². The van der Waals surface area contributed by atoms with Gasteiger partial charge in [-0.25, -0.2) is 0 Å². The van der Waals surface area contributed by atoms with Gasteiger partial charge >= 0.3 is 0 Å². The first-order chi connectivity index (χ1) is 7.72. The van der Waals surface area contributed by atoms with Crippen molar-refractivity contribution in [3.63, 3.8) is 0 Å². The molecule has 0 aliphatic heterocycles. The third-order valence-corrected chi connectivity index (χ3v) is 3.46. The molecule has 1 aromatic carbocycles. The fourth-order valence-electron chi connectivity index (χ4n) is 1.26. The van der Waals surface area contributed by atoms with Crippen LogP contribution in [0.2, 0.25) is 0 Å². The van der Waals surface area contributed by atoms with Crippen molar-refractivity contribution in [2.45, 2.75) is 20.4 Å². The number of rotatable bonds is 7. The third kappa shape index (κ3) is 5.42. The second-order valence-corrected chi connectivity index (χ2v) is 5.32. The molecule has 0 amide bonds. The van der Waals surface area contributed by atoms with E-state index in [1.165, 1.54) is 5.75 Å². The monoisotopic (exact) mass is 239 g/mol. The lowest BCUT2D eigenvalue weighted by molar-refractivity contribution is 0.344. The molecule has 2 N–H and O–H groups in total. The Balaban J connectivity index is 2.16. The van der Waals surface area contributed by atoms with Crippen molar-refractivity contribution in [1.82, 2.24) is 0 Å². The van der Waals surface area contributed by atoms with E-state index >= 15 is 0 Å². The number of hydrogen-bond donors (Lipinski definition) is 1. The predicted molar refractivity (Wildman–Crippen MR) is 72.0 cm³/mol. The van der Waals surface area contributed by atoms with Crippen LogP contribution in [-0.2, 0) is 6.54 Å². The molecule has 1 rings (SSSR count). The van der Waals surface area contributed by atoms with Gasteiger partial charge in [0.15, 0.2) is 0 Å². The van der Waals surface area contributed by atoms with Crippen LogP contribution in [0.4, 0.5) is 0 Å².